The van der Waals surface area contributed by atoms with Crippen LogP contribution in [0.1, 0.15) is 18.1 Å². The van der Waals surface area contributed by atoms with Gasteiger partial charge in [-0.1, -0.05) is 30.3 Å². The van der Waals surface area contributed by atoms with E-state index in [1.165, 1.54) is 0 Å². The smallest absolute Gasteiger partial charge is 0.253 e. The lowest BCUT2D eigenvalue weighted by molar-refractivity contribution is -0.127. The summed E-state index contributed by atoms with van der Waals surface area (Å²) in [4.78, 5) is 12.1. The highest BCUT2D eigenvalue weighted by atomic mass is 16.5. The highest BCUT2D eigenvalue weighted by Crippen LogP contribution is 2.18. The second kappa shape index (κ2) is 6.90. The van der Waals surface area contributed by atoms with Crippen LogP contribution >= 0.6 is 0 Å². The van der Waals surface area contributed by atoms with Crippen molar-refractivity contribution in [3.63, 3.8) is 0 Å². The van der Waals surface area contributed by atoms with E-state index in [0.717, 1.165) is 16.8 Å². The number of aryl methyl sites for hydroxylation is 1. The van der Waals surface area contributed by atoms with Crippen LogP contribution in [-0.2, 0) is 16.1 Å². The van der Waals surface area contributed by atoms with Crippen LogP contribution in [-0.4, -0.2) is 12.0 Å². The summed E-state index contributed by atoms with van der Waals surface area (Å²) < 4.78 is 5.59. The van der Waals surface area contributed by atoms with E-state index in [9.17, 15) is 4.79 Å². The van der Waals surface area contributed by atoms with Gasteiger partial charge in [0.15, 0.2) is 0 Å². The van der Waals surface area contributed by atoms with Crippen LogP contribution < -0.4 is 11.1 Å². The van der Waals surface area contributed by atoms with Gasteiger partial charge in [-0.3, -0.25) is 4.79 Å². The van der Waals surface area contributed by atoms with E-state index in [-0.39, 0.29) is 5.91 Å². The van der Waals surface area contributed by atoms with Gasteiger partial charge in [0.2, 0.25) is 0 Å². The lowest BCUT2D eigenvalue weighted by Crippen LogP contribution is -2.27. The number of carbonyl (C=O) groups excluding carboxylic acids is 1. The number of anilines is 2. The van der Waals surface area contributed by atoms with Gasteiger partial charge < -0.3 is 15.8 Å². The minimum Gasteiger partial charge on any atom is -0.399 e. The Kier molecular flexibility index (Phi) is 4.95. The summed E-state index contributed by atoms with van der Waals surface area (Å²) in [6.45, 7) is 4.06. The Hall–Kier alpha value is -2.33. The summed E-state index contributed by atoms with van der Waals surface area (Å²) in [6.07, 6.45) is -0.526. The molecular formula is C17H20N2O2. The summed E-state index contributed by atoms with van der Waals surface area (Å²) in [5, 5.41) is 2.85. The molecule has 0 saturated carbocycles. The summed E-state index contributed by atoms with van der Waals surface area (Å²) in [7, 11) is 0. The zero-order chi connectivity index (χ0) is 15.2. The molecule has 4 nitrogen and oxygen atoms in total. The number of ether oxygens (including phenoxy) is 1. The molecule has 1 amide bonds. The molecule has 2 aromatic rings. The molecule has 2 aromatic carbocycles. The monoisotopic (exact) mass is 284 g/mol. The van der Waals surface area contributed by atoms with E-state index in [4.69, 9.17) is 10.5 Å². The van der Waals surface area contributed by atoms with Crippen LogP contribution in [0.15, 0.2) is 48.5 Å². The van der Waals surface area contributed by atoms with Crippen LogP contribution in [0, 0.1) is 6.92 Å². The standard InChI is InChI=1S/C17H20N2O2/c1-12-10-15(18)8-9-16(12)19-17(20)13(2)21-11-14-6-4-3-5-7-14/h3-10,13H,11,18H2,1-2H3,(H,19,20). The van der Waals surface area contributed by atoms with Crippen LogP contribution in [0.3, 0.4) is 0 Å². The quantitative estimate of drug-likeness (QED) is 0.829. The number of hydrogen-bond donors (Lipinski definition) is 2. The lowest BCUT2D eigenvalue weighted by atomic mass is 10.1. The fraction of sp³-hybridized carbons (Fsp3) is 0.235. The molecule has 0 aliphatic rings. The summed E-state index contributed by atoms with van der Waals surface area (Å²) in [6, 6.07) is 15.2. The molecule has 0 heterocycles. The van der Waals surface area contributed by atoms with Crippen molar-refractivity contribution in [2.75, 3.05) is 11.1 Å². The highest BCUT2D eigenvalue weighted by Gasteiger charge is 2.14. The van der Waals surface area contributed by atoms with Gasteiger partial charge in [-0.2, -0.15) is 0 Å². The maximum atomic E-state index is 12.1. The molecular weight excluding hydrogens is 264 g/mol. The largest absolute Gasteiger partial charge is 0.399 e. The van der Waals surface area contributed by atoms with Crippen molar-refractivity contribution in [1.29, 1.82) is 0 Å². The van der Waals surface area contributed by atoms with Crippen LogP contribution in [0.25, 0.3) is 0 Å². The number of nitrogens with one attached hydrogen (secondary N) is 1. The average Bonchev–Trinajstić information content (AvgIpc) is 2.48. The lowest BCUT2D eigenvalue weighted by Gasteiger charge is -2.15. The predicted octanol–water partition coefficient (Wildman–Crippen LogP) is 3.12. The molecule has 2 rings (SSSR count). The van der Waals surface area contributed by atoms with E-state index < -0.39 is 6.10 Å². The zero-order valence-corrected chi connectivity index (χ0v) is 12.3. The van der Waals surface area contributed by atoms with Gasteiger partial charge in [0.1, 0.15) is 6.10 Å². The van der Waals surface area contributed by atoms with Crippen molar-refractivity contribution < 1.29 is 9.53 Å². The Bertz CT molecular complexity index is 611. The van der Waals surface area contributed by atoms with Crippen LogP contribution in [0.4, 0.5) is 11.4 Å². The van der Waals surface area contributed by atoms with E-state index in [1.54, 1.807) is 19.1 Å². The highest BCUT2D eigenvalue weighted by molar-refractivity contribution is 5.94. The molecule has 21 heavy (non-hydrogen) atoms. The van der Waals surface area contributed by atoms with E-state index in [2.05, 4.69) is 5.32 Å². The molecule has 4 heteroatoms. The molecule has 0 aromatic heterocycles. The molecule has 0 radical (unpaired) electrons. The third-order valence-electron chi connectivity index (χ3n) is 3.22. The third-order valence-corrected chi connectivity index (χ3v) is 3.22. The average molecular weight is 284 g/mol. The van der Waals surface area contributed by atoms with Crippen LogP contribution in [0.2, 0.25) is 0 Å². The molecule has 0 fully saturated rings. The summed E-state index contributed by atoms with van der Waals surface area (Å²) >= 11 is 0. The molecule has 0 aliphatic carbocycles. The first kappa shape index (κ1) is 15.1. The Morgan fingerprint density at radius 3 is 2.62 bits per heavy atom. The number of nitrogen functional groups attached to an aromatic ring is 1. The molecule has 1 unspecified atom stereocenters. The van der Waals surface area contributed by atoms with Crippen molar-refractivity contribution in [2.45, 2.75) is 26.6 Å². The second-order valence-electron chi connectivity index (χ2n) is 5.00. The molecule has 110 valence electrons. The number of amides is 1. The van der Waals surface area contributed by atoms with Gasteiger partial charge in [-0.25, -0.2) is 0 Å². The minimum atomic E-state index is -0.526. The Morgan fingerprint density at radius 1 is 1.24 bits per heavy atom. The Balaban J connectivity index is 1.90. The maximum Gasteiger partial charge on any atom is 0.253 e. The fourth-order valence-corrected chi connectivity index (χ4v) is 1.93. The predicted molar refractivity (Wildman–Crippen MR) is 84.9 cm³/mol. The van der Waals surface area contributed by atoms with Gasteiger partial charge in [0.25, 0.3) is 5.91 Å². The first-order valence-electron chi connectivity index (χ1n) is 6.89. The number of hydrogen-bond acceptors (Lipinski definition) is 3. The zero-order valence-electron chi connectivity index (χ0n) is 12.3. The minimum absolute atomic E-state index is 0.168. The summed E-state index contributed by atoms with van der Waals surface area (Å²) in [5.74, 6) is -0.168. The SMILES string of the molecule is Cc1cc(N)ccc1NC(=O)C(C)OCc1ccccc1. The normalized spacial score (nSPS) is 11.9. The molecule has 0 spiro atoms. The van der Waals surface area contributed by atoms with Gasteiger partial charge in [-0.15, -0.1) is 0 Å². The number of rotatable bonds is 5. The molecule has 0 bridgehead atoms. The van der Waals surface area contributed by atoms with Crippen LogP contribution in [0.5, 0.6) is 0 Å². The van der Waals surface area contributed by atoms with Crippen molar-refractivity contribution in [1.82, 2.24) is 0 Å². The first-order chi connectivity index (χ1) is 10.1. The molecule has 1 atom stereocenters. The Morgan fingerprint density at radius 2 is 1.95 bits per heavy atom. The van der Waals surface area contributed by atoms with E-state index >= 15 is 0 Å². The van der Waals surface area contributed by atoms with E-state index in [0.29, 0.717) is 12.3 Å². The number of benzene rings is 2. The van der Waals surface area contributed by atoms with Gasteiger partial charge >= 0.3 is 0 Å². The Labute approximate surface area is 124 Å². The third kappa shape index (κ3) is 4.33. The topological polar surface area (TPSA) is 64.3 Å². The molecule has 0 saturated heterocycles. The van der Waals surface area contributed by atoms with E-state index in [1.807, 2.05) is 43.3 Å². The van der Waals surface area contributed by atoms with Gasteiger partial charge in [-0.05, 0) is 43.2 Å². The summed E-state index contributed by atoms with van der Waals surface area (Å²) in [5.41, 5.74) is 9.10. The first-order valence-corrected chi connectivity index (χ1v) is 6.89. The van der Waals surface area contributed by atoms with Gasteiger partial charge in [0.05, 0.1) is 6.61 Å². The van der Waals surface area contributed by atoms with Crippen molar-refractivity contribution in [2.24, 2.45) is 0 Å². The fourth-order valence-electron chi connectivity index (χ4n) is 1.93. The molecule has 3 N–H and O–H groups in total. The van der Waals surface area contributed by atoms with Crippen molar-refractivity contribution >= 4 is 17.3 Å². The molecule has 0 aliphatic heterocycles. The van der Waals surface area contributed by atoms with Crippen molar-refractivity contribution in [3.8, 4) is 0 Å². The van der Waals surface area contributed by atoms with Crippen molar-refractivity contribution in [3.05, 3.63) is 59.7 Å². The number of nitrogens with two attached hydrogens (primary N) is 1. The number of carbonyl (C=O) groups is 1. The van der Waals surface area contributed by atoms with Gasteiger partial charge in [0, 0.05) is 11.4 Å². The second-order valence-corrected chi connectivity index (χ2v) is 5.00. The maximum absolute atomic E-state index is 12.1.